The van der Waals surface area contributed by atoms with Gasteiger partial charge in [-0.25, -0.2) is 9.79 Å². The number of carboxylic acid groups (broad SMARTS) is 1. The van der Waals surface area contributed by atoms with Crippen LogP contribution in [0, 0.1) is 0 Å². The molecule has 0 aliphatic heterocycles. The van der Waals surface area contributed by atoms with Crippen molar-refractivity contribution in [2.75, 3.05) is 33.2 Å². The van der Waals surface area contributed by atoms with Gasteiger partial charge < -0.3 is 33.5 Å². The molecule has 0 atom stereocenters. The minimum absolute atomic E-state index is 0. The number of rotatable bonds is 29. The molecule has 0 fully saturated rings. The molecule has 0 rings (SSSR count). The summed E-state index contributed by atoms with van der Waals surface area (Å²) in [5, 5.41) is 7.12. The van der Waals surface area contributed by atoms with Crippen LogP contribution >= 0.6 is 0 Å². The quantitative estimate of drug-likeness (QED) is 0.0358. The molecule has 0 unspecified atom stereocenters. The maximum Gasteiger partial charge on any atom is 0.490 e. The normalized spacial score (nSPS) is 11.4. The van der Waals surface area contributed by atoms with Crippen LogP contribution < -0.4 is 23.9 Å². The van der Waals surface area contributed by atoms with Crippen molar-refractivity contribution in [3.05, 3.63) is 0 Å². The Morgan fingerprint density at radius 2 is 0.841 bits per heavy atom. The molecule has 0 aromatic carbocycles. The van der Waals surface area contributed by atoms with Crippen molar-refractivity contribution in [3.8, 4) is 0 Å². The second-order valence-electron chi connectivity index (χ2n) is 12.7. The fraction of sp³-hybridized carbons (Fsp3) is 0.941. The molecule has 266 valence electrons. The highest BCUT2D eigenvalue weighted by molar-refractivity contribution is 5.75. The van der Waals surface area contributed by atoms with E-state index in [2.05, 4.69) is 25.9 Å². The van der Waals surface area contributed by atoms with Crippen LogP contribution in [0.2, 0.25) is 0 Å². The SMILES string of the molecule is CCCCCCCCCCCCCC[N+](C)(CCCCCCCCCCCCCC)CCN=C(N)N.O=C(O)C(F)(F)F.[Cl-]. The van der Waals surface area contributed by atoms with E-state index in [1.807, 2.05) is 0 Å². The second-order valence-corrected chi connectivity index (χ2v) is 12.7. The van der Waals surface area contributed by atoms with Gasteiger partial charge in [-0.15, -0.1) is 0 Å². The van der Waals surface area contributed by atoms with E-state index in [1.54, 1.807) is 0 Å². The van der Waals surface area contributed by atoms with Crippen LogP contribution in [0.3, 0.4) is 0 Å². The molecule has 6 nitrogen and oxygen atoms in total. The number of carboxylic acids is 1. The average molecular weight is 659 g/mol. The smallest absolute Gasteiger partial charge is 0.490 e. The van der Waals surface area contributed by atoms with Gasteiger partial charge in [0.15, 0.2) is 5.96 Å². The van der Waals surface area contributed by atoms with Gasteiger partial charge in [-0.2, -0.15) is 13.2 Å². The molecule has 0 saturated heterocycles. The van der Waals surface area contributed by atoms with Crippen molar-refractivity contribution < 1.29 is 40.0 Å². The predicted molar refractivity (Wildman–Crippen MR) is 177 cm³/mol. The summed E-state index contributed by atoms with van der Waals surface area (Å²) in [6.45, 7) is 8.96. The number of quaternary nitrogens is 1. The number of halogens is 4. The molecule has 10 heteroatoms. The Labute approximate surface area is 275 Å². The Morgan fingerprint density at radius 1 is 0.591 bits per heavy atom. The van der Waals surface area contributed by atoms with Gasteiger partial charge in [0.25, 0.3) is 0 Å². The van der Waals surface area contributed by atoms with Crippen molar-refractivity contribution in [3.63, 3.8) is 0 Å². The summed E-state index contributed by atoms with van der Waals surface area (Å²) >= 11 is 0. The molecule has 44 heavy (non-hydrogen) atoms. The molecule has 5 N–H and O–H groups in total. The third-order valence-electron chi connectivity index (χ3n) is 8.28. The molecule has 0 aliphatic rings. The number of likely N-dealkylation sites (N-methyl/N-ethyl adjacent to an activating group) is 1. The van der Waals surface area contributed by atoms with E-state index in [0.29, 0.717) is 0 Å². The van der Waals surface area contributed by atoms with Gasteiger partial charge in [-0.1, -0.05) is 142 Å². The number of alkyl halides is 3. The summed E-state index contributed by atoms with van der Waals surface area (Å²) in [4.78, 5) is 13.2. The summed E-state index contributed by atoms with van der Waals surface area (Å²) in [5.41, 5.74) is 11.2. The van der Waals surface area contributed by atoms with Crippen LogP contribution in [0.4, 0.5) is 13.2 Å². The lowest BCUT2D eigenvalue weighted by Crippen LogP contribution is -3.00. The molecule has 0 bridgehead atoms. The second kappa shape index (κ2) is 33.2. The van der Waals surface area contributed by atoms with E-state index in [9.17, 15) is 13.2 Å². The van der Waals surface area contributed by atoms with E-state index in [1.165, 1.54) is 167 Å². The maximum absolute atomic E-state index is 10.6. The highest BCUT2D eigenvalue weighted by atomic mass is 35.5. The minimum atomic E-state index is -5.08. The predicted octanol–water partition coefficient (Wildman–Crippen LogP) is 6.75. The van der Waals surface area contributed by atoms with Crippen LogP contribution in [-0.4, -0.2) is 60.9 Å². The number of aliphatic carboxylic acids is 1. The highest BCUT2D eigenvalue weighted by Crippen LogP contribution is 2.16. The molecule has 0 aromatic rings. The van der Waals surface area contributed by atoms with E-state index < -0.39 is 12.1 Å². The molecule has 0 saturated carbocycles. The summed E-state index contributed by atoms with van der Waals surface area (Å²) in [6, 6.07) is 0. The molecule has 0 spiro atoms. The molecular formula is C34H70ClF3N4O2. The molecule has 0 radical (unpaired) electrons. The molecule has 0 aliphatic carbocycles. The lowest BCUT2D eigenvalue weighted by molar-refractivity contribution is -0.908. The summed E-state index contributed by atoms with van der Waals surface area (Å²) < 4.78 is 32.9. The molecule has 0 amide bonds. The van der Waals surface area contributed by atoms with Crippen LogP contribution in [0.25, 0.3) is 0 Å². The van der Waals surface area contributed by atoms with Crippen LogP contribution in [0.5, 0.6) is 0 Å². The number of hydrogen-bond acceptors (Lipinski definition) is 2. The zero-order chi connectivity index (χ0) is 32.7. The Balaban J connectivity index is -0.00000186. The molecule has 0 heterocycles. The van der Waals surface area contributed by atoms with Gasteiger partial charge >= 0.3 is 12.1 Å². The number of aliphatic imine (C=N–C) groups is 1. The first kappa shape index (κ1) is 47.2. The van der Waals surface area contributed by atoms with E-state index in [-0.39, 0.29) is 18.4 Å². The maximum atomic E-state index is 10.6. The number of hydrogen-bond donors (Lipinski definition) is 3. The monoisotopic (exact) mass is 659 g/mol. The fourth-order valence-corrected chi connectivity index (χ4v) is 5.42. The van der Waals surface area contributed by atoms with Gasteiger partial charge in [0, 0.05) is 0 Å². The Bertz CT molecular complexity index is 621. The minimum Gasteiger partial charge on any atom is -1.00 e. The van der Waals surface area contributed by atoms with Gasteiger partial charge in [0.2, 0.25) is 0 Å². The summed E-state index contributed by atoms with van der Waals surface area (Å²) in [6.07, 6.45) is 28.9. The molecular weight excluding hydrogens is 589 g/mol. The number of nitrogens with zero attached hydrogens (tertiary/aromatic N) is 2. The number of unbranched alkanes of at least 4 members (excludes halogenated alkanes) is 22. The van der Waals surface area contributed by atoms with E-state index in [0.717, 1.165) is 17.6 Å². The van der Waals surface area contributed by atoms with Crippen LogP contribution in [-0.2, 0) is 4.79 Å². The molecule has 0 aromatic heterocycles. The Kier molecular flexibility index (Phi) is 35.6. The van der Waals surface area contributed by atoms with E-state index in [4.69, 9.17) is 21.4 Å². The third kappa shape index (κ3) is 37.0. The lowest BCUT2D eigenvalue weighted by atomic mass is 10.0. The summed E-state index contributed by atoms with van der Waals surface area (Å²) in [7, 11) is 2.43. The fourth-order valence-electron chi connectivity index (χ4n) is 5.42. The lowest BCUT2D eigenvalue weighted by Gasteiger charge is -2.34. The first-order chi connectivity index (χ1) is 20.5. The van der Waals surface area contributed by atoms with Crippen LogP contribution in [0.15, 0.2) is 4.99 Å². The third-order valence-corrected chi connectivity index (χ3v) is 8.28. The topological polar surface area (TPSA) is 102 Å². The average Bonchev–Trinajstić information content (AvgIpc) is 2.94. The van der Waals surface area contributed by atoms with Gasteiger partial charge in [0.05, 0.1) is 33.2 Å². The number of nitrogens with two attached hydrogens (primary N) is 2. The van der Waals surface area contributed by atoms with Crippen molar-refractivity contribution in [1.82, 2.24) is 0 Å². The first-order valence-corrected chi connectivity index (χ1v) is 17.7. The van der Waals surface area contributed by atoms with Gasteiger partial charge in [0.1, 0.15) is 0 Å². The zero-order valence-corrected chi connectivity index (χ0v) is 29.5. The van der Waals surface area contributed by atoms with Gasteiger partial charge in [-0.3, -0.25) is 0 Å². The largest absolute Gasteiger partial charge is 1.00 e. The van der Waals surface area contributed by atoms with Crippen molar-refractivity contribution in [1.29, 1.82) is 0 Å². The highest BCUT2D eigenvalue weighted by Gasteiger charge is 2.38. The van der Waals surface area contributed by atoms with Crippen molar-refractivity contribution >= 4 is 11.9 Å². The standard InChI is InChI=1S/C32H69N4.C2HF3O2.ClH/c1-4-6-8-10-12-14-16-18-20-22-24-26-29-36(3,31-28-35-32(33)34)30-27-25-23-21-19-17-15-13-11-9-7-5-2;3-2(4,5)1(6)7;/h4-31H2,1-3H3,(H4,33,34,35);(H,6,7);1H/q+1;;/p-1. The summed E-state index contributed by atoms with van der Waals surface area (Å²) in [5.74, 6) is -2.52. The van der Waals surface area contributed by atoms with E-state index >= 15 is 0 Å². The van der Waals surface area contributed by atoms with Crippen molar-refractivity contribution in [2.45, 2.75) is 174 Å². The number of guanidine groups is 1. The first-order valence-electron chi connectivity index (χ1n) is 17.7. The Hall–Kier alpha value is -1.22. The van der Waals surface area contributed by atoms with Crippen LogP contribution in [0.1, 0.15) is 168 Å². The Morgan fingerprint density at radius 3 is 1.07 bits per heavy atom. The number of carbonyl (C=O) groups is 1. The van der Waals surface area contributed by atoms with Crippen molar-refractivity contribution in [2.24, 2.45) is 16.5 Å². The van der Waals surface area contributed by atoms with Gasteiger partial charge in [-0.05, 0) is 25.7 Å². The zero-order valence-electron chi connectivity index (χ0n) is 28.7.